The first-order valence-corrected chi connectivity index (χ1v) is 7.65. The number of carbonyl (C=O) groups excluding carboxylic acids is 1. The van der Waals surface area contributed by atoms with Crippen LogP contribution in [0.5, 0.6) is 0 Å². The molecule has 0 radical (unpaired) electrons. The van der Waals surface area contributed by atoms with Gasteiger partial charge in [-0.15, -0.1) is 0 Å². The number of rotatable bonds is 4. The molecule has 1 N–H and O–H groups in total. The van der Waals surface area contributed by atoms with Gasteiger partial charge in [0, 0.05) is 16.5 Å². The Morgan fingerprint density at radius 2 is 2.14 bits per heavy atom. The number of amides is 1. The zero-order valence-corrected chi connectivity index (χ0v) is 13.1. The van der Waals surface area contributed by atoms with Gasteiger partial charge >= 0.3 is 0 Å². The summed E-state index contributed by atoms with van der Waals surface area (Å²) in [6.07, 6.45) is 2.11. The zero-order chi connectivity index (χ0) is 15.7. The number of nitrogens with one attached hydrogen (secondary N) is 1. The molecular weight excluding hydrogens is 353 g/mol. The van der Waals surface area contributed by atoms with Crippen LogP contribution in [0.25, 0.3) is 0 Å². The Balaban J connectivity index is 1.74. The Bertz CT molecular complexity index is 787. The van der Waals surface area contributed by atoms with Crippen LogP contribution in [0.1, 0.15) is 24.5 Å². The fraction of sp³-hybridized carbons (Fsp3) is 0.267. The van der Waals surface area contributed by atoms with E-state index in [1.165, 1.54) is 18.2 Å². The highest BCUT2D eigenvalue weighted by atomic mass is 79.9. The van der Waals surface area contributed by atoms with Gasteiger partial charge in [0.15, 0.2) is 0 Å². The van der Waals surface area contributed by atoms with Crippen molar-refractivity contribution in [3.05, 3.63) is 56.7 Å². The quantitative estimate of drug-likeness (QED) is 0.905. The Kier molecular flexibility index (Phi) is 4.06. The number of aromatic nitrogens is 2. The fourth-order valence-electron chi connectivity index (χ4n) is 2.09. The average Bonchev–Trinajstić information content (AvgIpc) is 3.29. The van der Waals surface area contributed by atoms with Gasteiger partial charge in [-0.1, -0.05) is 15.9 Å². The van der Waals surface area contributed by atoms with Gasteiger partial charge in [0.05, 0.1) is 11.4 Å². The molecule has 1 amide bonds. The predicted molar refractivity (Wildman–Crippen MR) is 83.2 cm³/mol. The van der Waals surface area contributed by atoms with E-state index in [9.17, 15) is 14.0 Å². The van der Waals surface area contributed by atoms with Crippen molar-refractivity contribution >= 4 is 27.5 Å². The maximum atomic E-state index is 13.7. The van der Waals surface area contributed by atoms with Crippen molar-refractivity contribution in [2.24, 2.45) is 0 Å². The molecule has 0 saturated heterocycles. The highest BCUT2D eigenvalue weighted by Gasteiger charge is 2.25. The number of carbonyl (C=O) groups is 1. The molecule has 1 aliphatic carbocycles. The van der Waals surface area contributed by atoms with Crippen molar-refractivity contribution in [2.75, 3.05) is 5.32 Å². The molecule has 1 aliphatic rings. The predicted octanol–water partition coefficient (Wildman–Crippen LogP) is 2.66. The molecule has 7 heteroatoms. The molecule has 0 spiro atoms. The highest BCUT2D eigenvalue weighted by Crippen LogP contribution is 2.38. The van der Waals surface area contributed by atoms with Crippen molar-refractivity contribution in [1.82, 2.24) is 9.78 Å². The molecule has 3 rings (SSSR count). The van der Waals surface area contributed by atoms with Gasteiger partial charge in [-0.25, -0.2) is 9.07 Å². The van der Waals surface area contributed by atoms with Crippen LogP contribution in [-0.2, 0) is 11.3 Å². The van der Waals surface area contributed by atoms with Crippen molar-refractivity contribution in [3.8, 4) is 0 Å². The molecule has 22 heavy (non-hydrogen) atoms. The van der Waals surface area contributed by atoms with Crippen LogP contribution in [0.4, 0.5) is 10.1 Å². The van der Waals surface area contributed by atoms with Crippen LogP contribution >= 0.6 is 15.9 Å². The minimum atomic E-state index is -0.547. The molecule has 0 aliphatic heterocycles. The van der Waals surface area contributed by atoms with E-state index in [0.717, 1.165) is 23.2 Å². The second-order valence-corrected chi connectivity index (χ2v) is 6.12. The number of benzene rings is 1. The van der Waals surface area contributed by atoms with E-state index in [4.69, 9.17) is 0 Å². The summed E-state index contributed by atoms with van der Waals surface area (Å²) in [6, 6.07) is 7.44. The third-order valence-electron chi connectivity index (χ3n) is 3.38. The minimum Gasteiger partial charge on any atom is -0.322 e. The molecule has 0 unspecified atom stereocenters. The molecule has 1 fully saturated rings. The minimum absolute atomic E-state index is 0.0691. The van der Waals surface area contributed by atoms with E-state index in [1.54, 1.807) is 12.1 Å². The first-order chi connectivity index (χ1) is 10.5. The second-order valence-electron chi connectivity index (χ2n) is 5.20. The Morgan fingerprint density at radius 1 is 1.36 bits per heavy atom. The Labute approximate surface area is 134 Å². The van der Waals surface area contributed by atoms with E-state index < -0.39 is 11.7 Å². The summed E-state index contributed by atoms with van der Waals surface area (Å²) in [7, 11) is 0. The second kappa shape index (κ2) is 6.00. The monoisotopic (exact) mass is 365 g/mol. The lowest BCUT2D eigenvalue weighted by molar-refractivity contribution is -0.117. The lowest BCUT2D eigenvalue weighted by Gasteiger charge is -2.08. The fourth-order valence-corrected chi connectivity index (χ4v) is 2.42. The van der Waals surface area contributed by atoms with Gasteiger partial charge in [0.1, 0.15) is 12.4 Å². The summed E-state index contributed by atoms with van der Waals surface area (Å²) >= 11 is 3.15. The highest BCUT2D eigenvalue weighted by molar-refractivity contribution is 9.10. The van der Waals surface area contributed by atoms with Crippen molar-refractivity contribution < 1.29 is 9.18 Å². The van der Waals surface area contributed by atoms with Gasteiger partial charge in [-0.2, -0.15) is 5.10 Å². The van der Waals surface area contributed by atoms with E-state index in [2.05, 4.69) is 26.3 Å². The summed E-state index contributed by atoms with van der Waals surface area (Å²) in [4.78, 5) is 23.7. The lowest BCUT2D eigenvalue weighted by Crippen LogP contribution is -2.29. The molecule has 1 saturated carbocycles. The Morgan fingerprint density at radius 3 is 2.82 bits per heavy atom. The molecule has 1 heterocycles. The number of anilines is 1. The number of hydrogen-bond acceptors (Lipinski definition) is 3. The van der Waals surface area contributed by atoms with Crippen LogP contribution in [0.15, 0.2) is 39.6 Å². The van der Waals surface area contributed by atoms with E-state index in [0.29, 0.717) is 10.4 Å². The molecule has 2 aromatic rings. The van der Waals surface area contributed by atoms with Crippen molar-refractivity contribution in [1.29, 1.82) is 0 Å². The van der Waals surface area contributed by atoms with Crippen LogP contribution in [0.3, 0.4) is 0 Å². The number of hydrogen-bond donors (Lipinski definition) is 1. The molecule has 1 aromatic carbocycles. The van der Waals surface area contributed by atoms with Crippen LogP contribution in [0, 0.1) is 5.82 Å². The maximum Gasteiger partial charge on any atom is 0.267 e. The SMILES string of the molecule is O=C(Cn1nc(C2CC2)ccc1=O)Nc1ccc(Br)cc1F. The normalized spacial score (nSPS) is 13.9. The van der Waals surface area contributed by atoms with Gasteiger partial charge < -0.3 is 5.32 Å². The molecule has 5 nitrogen and oxygen atoms in total. The molecule has 114 valence electrons. The zero-order valence-electron chi connectivity index (χ0n) is 11.6. The lowest BCUT2D eigenvalue weighted by atomic mass is 10.3. The average molecular weight is 366 g/mol. The van der Waals surface area contributed by atoms with Crippen molar-refractivity contribution in [3.63, 3.8) is 0 Å². The van der Waals surface area contributed by atoms with Gasteiger partial charge in [0.25, 0.3) is 5.56 Å². The standard InChI is InChI=1S/C15H13BrFN3O2/c16-10-3-4-13(11(17)7-10)18-14(21)8-20-15(22)6-5-12(19-20)9-1-2-9/h3-7,9H,1-2,8H2,(H,18,21). The summed E-state index contributed by atoms with van der Waals surface area (Å²) < 4.78 is 15.4. The third-order valence-corrected chi connectivity index (χ3v) is 3.87. The van der Waals surface area contributed by atoms with Crippen LogP contribution in [-0.4, -0.2) is 15.7 Å². The molecule has 1 aromatic heterocycles. The van der Waals surface area contributed by atoms with Gasteiger partial charge in [-0.3, -0.25) is 9.59 Å². The van der Waals surface area contributed by atoms with Crippen LogP contribution < -0.4 is 10.9 Å². The van der Waals surface area contributed by atoms with Crippen molar-refractivity contribution in [2.45, 2.75) is 25.3 Å². The van der Waals surface area contributed by atoms with E-state index >= 15 is 0 Å². The van der Waals surface area contributed by atoms with E-state index in [1.807, 2.05) is 0 Å². The number of halogens is 2. The first-order valence-electron chi connectivity index (χ1n) is 6.86. The van der Waals surface area contributed by atoms with Gasteiger partial charge in [-0.05, 0) is 37.1 Å². The first kappa shape index (κ1) is 14.9. The molecular formula is C15H13BrFN3O2. The summed E-state index contributed by atoms with van der Waals surface area (Å²) in [5, 5.41) is 6.64. The van der Waals surface area contributed by atoms with Gasteiger partial charge in [0.2, 0.25) is 5.91 Å². The summed E-state index contributed by atoms with van der Waals surface area (Å²) in [5.41, 5.74) is 0.539. The number of nitrogens with zero attached hydrogens (tertiary/aromatic N) is 2. The Hall–Kier alpha value is -2.02. The topological polar surface area (TPSA) is 64.0 Å². The molecule has 0 bridgehead atoms. The molecule has 0 atom stereocenters. The summed E-state index contributed by atoms with van der Waals surface area (Å²) in [5.74, 6) is -0.655. The van der Waals surface area contributed by atoms with E-state index in [-0.39, 0.29) is 17.8 Å². The maximum absolute atomic E-state index is 13.7. The third kappa shape index (κ3) is 3.41. The smallest absolute Gasteiger partial charge is 0.267 e. The largest absolute Gasteiger partial charge is 0.322 e. The summed E-state index contributed by atoms with van der Waals surface area (Å²) in [6.45, 7) is -0.241. The van der Waals surface area contributed by atoms with Crippen LogP contribution in [0.2, 0.25) is 0 Å².